The maximum atomic E-state index is 12.5. The van der Waals surface area contributed by atoms with Crippen LogP contribution in [0.3, 0.4) is 0 Å². The van der Waals surface area contributed by atoms with Crippen LogP contribution in [0, 0.1) is 0 Å². The van der Waals surface area contributed by atoms with Crippen molar-refractivity contribution in [1.29, 1.82) is 0 Å². The van der Waals surface area contributed by atoms with Gasteiger partial charge >= 0.3 is 0 Å². The number of hydrogen-bond acceptors (Lipinski definition) is 6. The van der Waals surface area contributed by atoms with Crippen LogP contribution in [0.25, 0.3) is 0 Å². The van der Waals surface area contributed by atoms with Gasteiger partial charge in [0.15, 0.2) is 0 Å². The molecule has 0 spiro atoms. The number of hydrazine groups is 1. The van der Waals surface area contributed by atoms with Crippen LogP contribution >= 0.6 is 0 Å². The molecule has 0 saturated carbocycles. The highest BCUT2D eigenvalue weighted by atomic mass is 16.1. The van der Waals surface area contributed by atoms with Crippen molar-refractivity contribution in [3.8, 4) is 0 Å². The van der Waals surface area contributed by atoms with E-state index >= 15 is 0 Å². The van der Waals surface area contributed by atoms with Gasteiger partial charge in [-0.3, -0.25) is 14.6 Å². The van der Waals surface area contributed by atoms with Gasteiger partial charge in [0, 0.05) is 19.2 Å². The molecule has 1 aliphatic heterocycles. The molecule has 0 atom stereocenters. The van der Waals surface area contributed by atoms with Crippen LogP contribution in [0.1, 0.15) is 39.5 Å². The summed E-state index contributed by atoms with van der Waals surface area (Å²) in [5, 5.41) is 7.91. The first kappa shape index (κ1) is 15.6. The van der Waals surface area contributed by atoms with Crippen LogP contribution in [-0.4, -0.2) is 36.3 Å². The Morgan fingerprint density at radius 3 is 2.33 bits per heavy atom. The summed E-state index contributed by atoms with van der Waals surface area (Å²) >= 11 is 0. The molecule has 0 radical (unpaired) electrons. The van der Waals surface area contributed by atoms with Crippen LogP contribution in [0.4, 0.5) is 0 Å². The molecule has 21 heavy (non-hydrogen) atoms. The van der Waals surface area contributed by atoms with Crippen LogP contribution in [0.2, 0.25) is 0 Å². The van der Waals surface area contributed by atoms with Gasteiger partial charge in [-0.15, -0.1) is 0 Å². The summed E-state index contributed by atoms with van der Waals surface area (Å²) in [6, 6.07) is 0. The monoisotopic (exact) mass is 292 g/mol. The molecule has 1 fully saturated rings. The highest BCUT2D eigenvalue weighted by Crippen LogP contribution is 2.22. The molecule has 2 rings (SSSR count). The molecule has 1 heterocycles. The van der Waals surface area contributed by atoms with Crippen molar-refractivity contribution >= 4 is 11.6 Å². The first-order valence-corrected chi connectivity index (χ1v) is 7.72. The Kier molecular flexibility index (Phi) is 5.38. The predicted octanol–water partition coefficient (Wildman–Crippen LogP) is 0.791. The second-order valence-corrected chi connectivity index (χ2v) is 5.28. The van der Waals surface area contributed by atoms with E-state index in [4.69, 9.17) is 0 Å². The Morgan fingerprint density at radius 1 is 1.14 bits per heavy atom. The number of unbranched alkanes of at least 4 members (excludes halogenated alkanes) is 2. The molecule has 0 bridgehead atoms. The number of carbonyl (C=O) groups is 2. The summed E-state index contributed by atoms with van der Waals surface area (Å²) in [4.78, 5) is 24.8. The van der Waals surface area contributed by atoms with Crippen molar-refractivity contribution in [2.45, 2.75) is 39.5 Å². The first-order valence-electron chi connectivity index (χ1n) is 7.72. The maximum Gasteiger partial charge on any atom is 0.228 e. The lowest BCUT2D eigenvalue weighted by Gasteiger charge is -2.21. The van der Waals surface area contributed by atoms with E-state index < -0.39 is 0 Å². The van der Waals surface area contributed by atoms with Gasteiger partial charge in [0.1, 0.15) is 18.1 Å². The molecule has 0 aromatic carbocycles. The molecule has 1 saturated heterocycles. The van der Waals surface area contributed by atoms with Crippen LogP contribution < -0.4 is 16.1 Å². The predicted molar refractivity (Wildman–Crippen MR) is 80.8 cm³/mol. The molecule has 0 amide bonds. The fraction of sp³-hybridized carbons (Fsp3) is 0.600. The number of nitrogens with zero attached hydrogens (tertiary/aromatic N) is 1. The highest BCUT2D eigenvalue weighted by Gasteiger charge is 2.36. The van der Waals surface area contributed by atoms with Crippen molar-refractivity contribution in [3.05, 3.63) is 23.2 Å². The van der Waals surface area contributed by atoms with E-state index in [0.29, 0.717) is 36.8 Å². The summed E-state index contributed by atoms with van der Waals surface area (Å²) in [6.45, 7) is 6.20. The number of carbonyl (C=O) groups excluding carboxylic acids is 2. The van der Waals surface area contributed by atoms with Gasteiger partial charge in [0.25, 0.3) is 0 Å². The van der Waals surface area contributed by atoms with Crippen molar-refractivity contribution < 1.29 is 9.59 Å². The SMILES string of the molecule is CCCCNC1=CC(=O)C(NCCCC)=C(N2CN2)C1=O. The third kappa shape index (κ3) is 3.85. The second-order valence-electron chi connectivity index (χ2n) is 5.28. The average molecular weight is 292 g/mol. The molecular formula is C15H24N4O2. The number of Topliss-reactive ketones (excluding diaryl/α,β-unsaturated/α-hetero) is 1. The Morgan fingerprint density at radius 2 is 1.76 bits per heavy atom. The zero-order chi connectivity index (χ0) is 15.2. The van der Waals surface area contributed by atoms with E-state index in [1.807, 2.05) is 0 Å². The van der Waals surface area contributed by atoms with Gasteiger partial charge in [0.05, 0.1) is 5.70 Å². The Bertz CT molecular complexity index is 478. The molecule has 3 N–H and O–H groups in total. The topological polar surface area (TPSA) is 83.2 Å². The van der Waals surface area contributed by atoms with E-state index in [-0.39, 0.29) is 11.6 Å². The van der Waals surface area contributed by atoms with Crippen LogP contribution in [0.5, 0.6) is 0 Å². The zero-order valence-electron chi connectivity index (χ0n) is 12.8. The molecule has 1 aliphatic carbocycles. The van der Waals surface area contributed by atoms with Crippen molar-refractivity contribution in [1.82, 2.24) is 21.1 Å². The molecule has 0 aromatic heterocycles. The van der Waals surface area contributed by atoms with Gasteiger partial charge < -0.3 is 10.6 Å². The molecule has 116 valence electrons. The summed E-state index contributed by atoms with van der Waals surface area (Å²) in [6.07, 6.45) is 5.44. The third-order valence-corrected chi connectivity index (χ3v) is 3.48. The van der Waals surface area contributed by atoms with E-state index in [2.05, 4.69) is 29.9 Å². The van der Waals surface area contributed by atoms with E-state index in [0.717, 1.165) is 25.7 Å². The minimum atomic E-state index is -0.131. The van der Waals surface area contributed by atoms with Gasteiger partial charge in [-0.25, -0.2) is 5.43 Å². The molecular weight excluding hydrogens is 268 g/mol. The summed E-state index contributed by atoms with van der Waals surface area (Å²) in [5.74, 6) is -0.247. The number of ketones is 2. The first-order chi connectivity index (χ1) is 10.2. The standard InChI is InChI=1S/C15H24N4O2/c1-3-5-7-16-11-9-12(20)13(17-8-6-4-2)14(15(11)21)19-10-18-19/h9,16-18H,3-8,10H2,1-2H3. The quantitative estimate of drug-likeness (QED) is 0.331. The Hall–Kier alpha value is -1.82. The lowest BCUT2D eigenvalue weighted by Crippen LogP contribution is -2.36. The zero-order valence-corrected chi connectivity index (χ0v) is 12.8. The van der Waals surface area contributed by atoms with Gasteiger partial charge in [-0.2, -0.15) is 0 Å². The molecule has 6 nitrogen and oxygen atoms in total. The Labute approximate surface area is 125 Å². The summed E-state index contributed by atoms with van der Waals surface area (Å²) in [5.41, 5.74) is 4.23. The van der Waals surface area contributed by atoms with Gasteiger partial charge in [-0.1, -0.05) is 26.7 Å². The largest absolute Gasteiger partial charge is 0.382 e. The number of hydrogen-bond donors (Lipinski definition) is 3. The van der Waals surface area contributed by atoms with Crippen molar-refractivity contribution in [2.75, 3.05) is 19.8 Å². The lowest BCUT2D eigenvalue weighted by molar-refractivity contribution is -0.117. The van der Waals surface area contributed by atoms with Crippen LogP contribution in [-0.2, 0) is 9.59 Å². The van der Waals surface area contributed by atoms with Crippen LogP contribution in [0.15, 0.2) is 23.2 Å². The number of nitrogens with one attached hydrogen (secondary N) is 3. The van der Waals surface area contributed by atoms with Gasteiger partial charge in [-0.05, 0) is 12.8 Å². The van der Waals surface area contributed by atoms with E-state index in [1.54, 1.807) is 5.01 Å². The van der Waals surface area contributed by atoms with Crippen molar-refractivity contribution in [2.24, 2.45) is 0 Å². The minimum Gasteiger partial charge on any atom is -0.382 e. The van der Waals surface area contributed by atoms with E-state index in [9.17, 15) is 9.59 Å². The van der Waals surface area contributed by atoms with Crippen molar-refractivity contribution in [3.63, 3.8) is 0 Å². The normalized spacial score (nSPS) is 18.0. The summed E-state index contributed by atoms with van der Waals surface area (Å²) in [7, 11) is 0. The Balaban J connectivity index is 2.11. The van der Waals surface area contributed by atoms with Gasteiger partial charge in [0.2, 0.25) is 11.6 Å². The molecule has 2 aliphatic rings. The molecule has 0 aromatic rings. The second kappa shape index (κ2) is 7.26. The fourth-order valence-electron chi connectivity index (χ4n) is 2.17. The fourth-order valence-corrected chi connectivity index (χ4v) is 2.17. The molecule has 0 unspecified atom stereocenters. The number of rotatable bonds is 9. The smallest absolute Gasteiger partial charge is 0.228 e. The lowest BCUT2D eigenvalue weighted by atomic mass is 10.0. The highest BCUT2D eigenvalue weighted by molar-refractivity contribution is 6.22. The number of allylic oxidation sites excluding steroid dienone is 1. The maximum absolute atomic E-state index is 12.5. The third-order valence-electron chi connectivity index (χ3n) is 3.48. The minimum absolute atomic E-state index is 0.116. The summed E-state index contributed by atoms with van der Waals surface area (Å²) < 4.78 is 0. The van der Waals surface area contributed by atoms with E-state index in [1.165, 1.54) is 6.08 Å². The molecule has 6 heteroatoms. The average Bonchev–Trinajstić information content (AvgIpc) is 3.28.